The van der Waals surface area contributed by atoms with Gasteiger partial charge in [-0.25, -0.2) is 0 Å². The van der Waals surface area contributed by atoms with Crippen LogP contribution >= 0.6 is 46.4 Å². The zero-order valence-corrected chi connectivity index (χ0v) is 15.8. The number of benzene rings is 2. The fourth-order valence-electron chi connectivity index (χ4n) is 1.97. The molecule has 3 nitrogen and oxygen atoms in total. The second kappa shape index (κ2) is 8.13. The largest absolute Gasteiger partial charge is 0.416 e. The van der Waals surface area contributed by atoms with Crippen LogP contribution < -0.4 is 10.6 Å². The number of halogens is 7. The molecule has 10 heteroatoms. The van der Waals surface area contributed by atoms with E-state index in [4.69, 9.17) is 46.4 Å². The maximum Gasteiger partial charge on any atom is 0.416 e. The third-order valence-electron chi connectivity index (χ3n) is 3.23. The lowest BCUT2D eigenvalue weighted by atomic mass is 10.2. The molecule has 0 unspecified atom stereocenters. The lowest BCUT2D eigenvalue weighted by Crippen LogP contribution is -2.49. The highest BCUT2D eigenvalue weighted by Crippen LogP contribution is 2.36. The topological polar surface area (TPSA) is 41.1 Å². The predicted molar refractivity (Wildman–Crippen MR) is 98.1 cm³/mol. The van der Waals surface area contributed by atoms with E-state index in [1.165, 1.54) is 12.1 Å². The van der Waals surface area contributed by atoms with Gasteiger partial charge in [-0.05, 0) is 30.3 Å². The maximum absolute atomic E-state index is 12.9. The first-order valence-corrected chi connectivity index (χ1v) is 8.55. The van der Waals surface area contributed by atoms with Crippen molar-refractivity contribution >= 4 is 58.0 Å². The summed E-state index contributed by atoms with van der Waals surface area (Å²) in [5, 5.41) is 4.93. The molecule has 140 valence electrons. The molecule has 2 N–H and O–H groups in total. The van der Waals surface area contributed by atoms with Gasteiger partial charge in [0.2, 0.25) is 3.79 Å². The Morgan fingerprint density at radius 3 is 2.15 bits per heavy atom. The third-order valence-corrected chi connectivity index (χ3v) is 4.22. The minimum Gasteiger partial charge on any atom is -0.361 e. The van der Waals surface area contributed by atoms with E-state index < -0.39 is 27.6 Å². The molecule has 0 aliphatic rings. The van der Waals surface area contributed by atoms with Crippen molar-refractivity contribution in [2.45, 2.75) is 16.1 Å². The van der Waals surface area contributed by atoms with Crippen molar-refractivity contribution in [2.24, 2.45) is 0 Å². The number of rotatable bonds is 4. The number of amides is 1. The molecule has 0 heterocycles. The Morgan fingerprint density at radius 1 is 1.00 bits per heavy atom. The Balaban J connectivity index is 2.28. The molecule has 0 bridgehead atoms. The standard InChI is InChI=1S/C16H11Cl4F3N2O/c17-11-7-6-10(16(21,22)23)8-12(11)24-14(15(18,19)20)25-13(26)9-4-2-1-3-5-9/h1-8,14,24H,(H,25,26)/t14-/m0/s1. The predicted octanol–water partition coefficient (Wildman–Crippen LogP) is 5.90. The minimum absolute atomic E-state index is 0.0359. The summed E-state index contributed by atoms with van der Waals surface area (Å²) >= 11 is 23.5. The highest BCUT2D eigenvalue weighted by molar-refractivity contribution is 6.68. The summed E-state index contributed by atoms with van der Waals surface area (Å²) in [6.07, 6.45) is -5.93. The average molecular weight is 446 g/mol. The Kier molecular flexibility index (Phi) is 6.55. The molecular formula is C16H11Cl4F3N2O. The van der Waals surface area contributed by atoms with Crippen molar-refractivity contribution < 1.29 is 18.0 Å². The van der Waals surface area contributed by atoms with Gasteiger partial charge in [-0.15, -0.1) is 0 Å². The summed E-state index contributed by atoms with van der Waals surface area (Å²) in [5.41, 5.74) is -0.809. The van der Waals surface area contributed by atoms with E-state index in [0.717, 1.165) is 18.2 Å². The van der Waals surface area contributed by atoms with Crippen molar-refractivity contribution in [1.29, 1.82) is 0 Å². The molecule has 2 aromatic rings. The molecule has 0 saturated carbocycles. The van der Waals surface area contributed by atoms with Gasteiger partial charge in [0.05, 0.1) is 16.3 Å². The lowest BCUT2D eigenvalue weighted by molar-refractivity contribution is -0.137. The van der Waals surface area contributed by atoms with Crippen LogP contribution in [0.4, 0.5) is 18.9 Å². The van der Waals surface area contributed by atoms with Crippen LogP contribution in [0.2, 0.25) is 5.02 Å². The van der Waals surface area contributed by atoms with Gasteiger partial charge in [0.1, 0.15) is 6.17 Å². The molecule has 1 amide bonds. The van der Waals surface area contributed by atoms with E-state index in [1.807, 2.05) is 0 Å². The minimum atomic E-state index is -4.58. The number of carbonyl (C=O) groups excluding carboxylic acids is 1. The van der Waals surface area contributed by atoms with Crippen LogP contribution in [0.15, 0.2) is 48.5 Å². The van der Waals surface area contributed by atoms with E-state index in [2.05, 4.69) is 10.6 Å². The van der Waals surface area contributed by atoms with Gasteiger partial charge in [-0.2, -0.15) is 13.2 Å². The Bertz CT molecular complexity index is 779. The highest BCUT2D eigenvalue weighted by atomic mass is 35.6. The van der Waals surface area contributed by atoms with Gasteiger partial charge in [0.25, 0.3) is 5.91 Å². The van der Waals surface area contributed by atoms with Gasteiger partial charge in [0.15, 0.2) is 0 Å². The number of anilines is 1. The molecule has 0 aliphatic heterocycles. The maximum atomic E-state index is 12.9. The molecule has 0 spiro atoms. The second-order valence-electron chi connectivity index (χ2n) is 5.15. The third kappa shape index (κ3) is 5.58. The second-order valence-corrected chi connectivity index (χ2v) is 7.93. The van der Waals surface area contributed by atoms with E-state index in [0.29, 0.717) is 0 Å². The van der Waals surface area contributed by atoms with Gasteiger partial charge in [-0.3, -0.25) is 4.79 Å². The Morgan fingerprint density at radius 2 is 1.62 bits per heavy atom. The molecule has 2 rings (SSSR count). The zero-order chi connectivity index (χ0) is 19.5. The van der Waals surface area contributed by atoms with Crippen molar-refractivity contribution in [3.05, 3.63) is 64.7 Å². The first kappa shape index (κ1) is 21.0. The number of carbonyl (C=O) groups is 1. The van der Waals surface area contributed by atoms with Crippen LogP contribution in [-0.2, 0) is 6.18 Å². The molecule has 2 aromatic carbocycles. The van der Waals surface area contributed by atoms with Crippen LogP contribution in [0.5, 0.6) is 0 Å². The van der Waals surface area contributed by atoms with Gasteiger partial charge < -0.3 is 10.6 Å². The number of nitrogens with one attached hydrogen (secondary N) is 2. The summed E-state index contributed by atoms with van der Waals surface area (Å²) in [4.78, 5) is 12.3. The molecule has 0 fully saturated rings. The van der Waals surface area contributed by atoms with E-state index in [1.54, 1.807) is 18.2 Å². The molecule has 0 aromatic heterocycles. The van der Waals surface area contributed by atoms with Crippen molar-refractivity contribution in [2.75, 3.05) is 5.32 Å². The Labute approximate surface area is 167 Å². The van der Waals surface area contributed by atoms with E-state index >= 15 is 0 Å². The van der Waals surface area contributed by atoms with E-state index in [9.17, 15) is 18.0 Å². The van der Waals surface area contributed by atoms with Gasteiger partial charge >= 0.3 is 6.18 Å². The molecule has 26 heavy (non-hydrogen) atoms. The summed E-state index contributed by atoms with van der Waals surface area (Å²) in [7, 11) is 0. The van der Waals surface area contributed by atoms with Crippen LogP contribution in [0.1, 0.15) is 15.9 Å². The van der Waals surface area contributed by atoms with Crippen molar-refractivity contribution in [3.8, 4) is 0 Å². The molecule has 0 saturated heterocycles. The van der Waals surface area contributed by atoms with Crippen molar-refractivity contribution in [1.82, 2.24) is 5.32 Å². The zero-order valence-electron chi connectivity index (χ0n) is 12.8. The number of alkyl halides is 6. The summed E-state index contributed by atoms with van der Waals surface area (Å²) in [5.74, 6) is -0.586. The van der Waals surface area contributed by atoms with Crippen LogP contribution in [-0.4, -0.2) is 15.9 Å². The van der Waals surface area contributed by atoms with Crippen LogP contribution in [0.3, 0.4) is 0 Å². The molecule has 1 atom stereocenters. The van der Waals surface area contributed by atoms with Gasteiger partial charge in [-0.1, -0.05) is 64.6 Å². The lowest BCUT2D eigenvalue weighted by Gasteiger charge is -2.28. The van der Waals surface area contributed by atoms with Crippen LogP contribution in [0.25, 0.3) is 0 Å². The normalized spacial score (nSPS) is 13.2. The highest BCUT2D eigenvalue weighted by Gasteiger charge is 2.36. The average Bonchev–Trinajstić information content (AvgIpc) is 2.54. The molecule has 0 radical (unpaired) electrons. The summed E-state index contributed by atoms with van der Waals surface area (Å²) in [6, 6.07) is 10.7. The first-order chi connectivity index (χ1) is 12.0. The number of hydrogen-bond donors (Lipinski definition) is 2. The van der Waals surface area contributed by atoms with Gasteiger partial charge in [0, 0.05) is 5.56 Å². The van der Waals surface area contributed by atoms with Crippen LogP contribution in [0, 0.1) is 0 Å². The Hall–Kier alpha value is -1.34. The van der Waals surface area contributed by atoms with E-state index in [-0.39, 0.29) is 16.3 Å². The number of hydrogen-bond acceptors (Lipinski definition) is 2. The van der Waals surface area contributed by atoms with Crippen molar-refractivity contribution in [3.63, 3.8) is 0 Å². The quantitative estimate of drug-likeness (QED) is 0.454. The smallest absolute Gasteiger partial charge is 0.361 e. The molecule has 0 aliphatic carbocycles. The SMILES string of the molecule is O=C(N[C@H](Nc1cc(C(F)(F)F)ccc1Cl)C(Cl)(Cl)Cl)c1ccccc1. The fourth-order valence-corrected chi connectivity index (χ4v) is 2.47. The molecular weight excluding hydrogens is 435 g/mol. The first-order valence-electron chi connectivity index (χ1n) is 7.04. The fraction of sp³-hybridized carbons (Fsp3) is 0.188. The summed E-state index contributed by atoms with van der Waals surface area (Å²) < 4.78 is 36.6. The summed E-state index contributed by atoms with van der Waals surface area (Å²) in [6.45, 7) is 0. The monoisotopic (exact) mass is 444 g/mol.